The number of rotatable bonds is 12. The summed E-state index contributed by atoms with van der Waals surface area (Å²) in [6, 6.07) is 3.70. The van der Waals surface area contributed by atoms with E-state index in [0.29, 0.717) is 13.2 Å². The van der Waals surface area contributed by atoms with E-state index in [0.717, 1.165) is 6.07 Å². The van der Waals surface area contributed by atoms with Gasteiger partial charge in [-0.25, -0.2) is 8.42 Å². The Morgan fingerprint density at radius 2 is 1.93 bits per heavy atom. The van der Waals surface area contributed by atoms with Gasteiger partial charge in [0.25, 0.3) is 5.69 Å². The molecule has 1 amide bonds. The van der Waals surface area contributed by atoms with Crippen LogP contribution in [0.5, 0.6) is 0 Å². The highest BCUT2D eigenvalue weighted by Crippen LogP contribution is 2.29. The molecule has 0 radical (unpaired) electrons. The van der Waals surface area contributed by atoms with Crippen LogP contribution in [0.2, 0.25) is 0 Å². The van der Waals surface area contributed by atoms with E-state index >= 15 is 0 Å². The predicted octanol–water partition coefficient (Wildman–Crippen LogP) is 1.19. The van der Waals surface area contributed by atoms with Crippen molar-refractivity contribution in [3.05, 3.63) is 28.3 Å². The van der Waals surface area contributed by atoms with Crippen LogP contribution in [-0.4, -0.2) is 63.4 Å². The molecule has 1 rings (SSSR count). The average Bonchev–Trinajstić information content (AvgIpc) is 2.62. The number of nitro benzene ring substituents is 1. The maximum atomic E-state index is 12.5. The summed E-state index contributed by atoms with van der Waals surface area (Å²) in [5.41, 5.74) is -0.203. The van der Waals surface area contributed by atoms with Crippen LogP contribution in [0.3, 0.4) is 0 Å². The highest BCUT2D eigenvalue weighted by molar-refractivity contribution is 7.89. The molecule has 11 heteroatoms. The first-order valence-electron chi connectivity index (χ1n) is 8.56. The van der Waals surface area contributed by atoms with Crippen molar-refractivity contribution in [1.82, 2.24) is 9.62 Å². The lowest BCUT2D eigenvalue weighted by atomic mass is 10.2. The second-order valence-electron chi connectivity index (χ2n) is 5.54. The van der Waals surface area contributed by atoms with Crippen LogP contribution < -0.4 is 10.6 Å². The highest BCUT2D eigenvalue weighted by atomic mass is 32.2. The maximum absolute atomic E-state index is 12.5. The Labute approximate surface area is 159 Å². The number of carbonyl (C=O) groups excluding carboxylic acids is 1. The van der Waals surface area contributed by atoms with Gasteiger partial charge in [0.2, 0.25) is 15.9 Å². The number of nitrogens with one attached hydrogen (secondary N) is 2. The average molecular weight is 402 g/mol. The Morgan fingerprint density at radius 1 is 1.26 bits per heavy atom. The third-order valence-corrected chi connectivity index (χ3v) is 5.85. The van der Waals surface area contributed by atoms with Crippen LogP contribution in [-0.2, 0) is 19.6 Å². The lowest BCUT2D eigenvalue weighted by molar-refractivity contribution is -0.384. The third-order valence-electron chi connectivity index (χ3n) is 3.80. The maximum Gasteiger partial charge on any atom is 0.293 e. The highest BCUT2D eigenvalue weighted by Gasteiger charge is 2.25. The van der Waals surface area contributed by atoms with E-state index in [2.05, 4.69) is 10.6 Å². The van der Waals surface area contributed by atoms with E-state index in [1.807, 2.05) is 0 Å². The van der Waals surface area contributed by atoms with Crippen LogP contribution in [0.4, 0.5) is 11.4 Å². The van der Waals surface area contributed by atoms with Crippen molar-refractivity contribution in [2.24, 2.45) is 0 Å². The molecular weight excluding hydrogens is 376 g/mol. The molecule has 0 saturated carbocycles. The summed E-state index contributed by atoms with van der Waals surface area (Å²) in [7, 11) is -2.27. The number of benzene rings is 1. The zero-order valence-corrected chi connectivity index (χ0v) is 16.5. The van der Waals surface area contributed by atoms with E-state index in [1.54, 1.807) is 13.8 Å². The Bertz CT molecular complexity index is 749. The summed E-state index contributed by atoms with van der Waals surface area (Å²) in [4.78, 5) is 22.2. The Hall–Kier alpha value is -2.24. The van der Waals surface area contributed by atoms with E-state index in [-0.39, 0.29) is 48.2 Å². The van der Waals surface area contributed by atoms with Crippen molar-refractivity contribution >= 4 is 27.3 Å². The van der Waals surface area contributed by atoms with Gasteiger partial charge in [0, 0.05) is 45.8 Å². The number of sulfonamides is 1. The molecule has 27 heavy (non-hydrogen) atoms. The Balaban J connectivity index is 2.88. The molecule has 0 aliphatic carbocycles. The molecule has 0 saturated heterocycles. The molecule has 152 valence electrons. The van der Waals surface area contributed by atoms with E-state index in [1.165, 1.54) is 23.5 Å². The largest absolute Gasteiger partial charge is 0.383 e. The lowest BCUT2D eigenvalue weighted by Crippen LogP contribution is -2.30. The van der Waals surface area contributed by atoms with E-state index < -0.39 is 14.9 Å². The minimum absolute atomic E-state index is 0.111. The first kappa shape index (κ1) is 22.8. The first-order chi connectivity index (χ1) is 12.8. The second kappa shape index (κ2) is 10.8. The van der Waals surface area contributed by atoms with Gasteiger partial charge in [0.05, 0.1) is 16.4 Å². The van der Waals surface area contributed by atoms with Gasteiger partial charge >= 0.3 is 0 Å². The molecule has 1 aromatic carbocycles. The fraction of sp³-hybridized carbons (Fsp3) is 0.562. The molecule has 10 nitrogen and oxygen atoms in total. The predicted molar refractivity (Wildman–Crippen MR) is 101 cm³/mol. The normalized spacial score (nSPS) is 11.4. The zero-order chi connectivity index (χ0) is 20.4. The van der Waals surface area contributed by atoms with Gasteiger partial charge in [-0.1, -0.05) is 13.8 Å². The van der Waals surface area contributed by atoms with Crippen LogP contribution in [0.1, 0.15) is 20.3 Å². The third kappa shape index (κ3) is 6.45. The summed E-state index contributed by atoms with van der Waals surface area (Å²) in [5, 5.41) is 16.8. The molecular formula is C16H26N4O6S. The van der Waals surface area contributed by atoms with E-state index in [9.17, 15) is 23.3 Å². The van der Waals surface area contributed by atoms with Crippen molar-refractivity contribution in [1.29, 1.82) is 0 Å². The van der Waals surface area contributed by atoms with Crippen LogP contribution in [0.15, 0.2) is 23.1 Å². The van der Waals surface area contributed by atoms with Gasteiger partial charge in [0.15, 0.2) is 0 Å². The monoisotopic (exact) mass is 402 g/mol. The summed E-state index contributed by atoms with van der Waals surface area (Å²) < 4.78 is 31.1. The van der Waals surface area contributed by atoms with Gasteiger partial charge in [-0.2, -0.15) is 4.31 Å². The quantitative estimate of drug-likeness (QED) is 0.305. The molecule has 0 bridgehead atoms. The van der Waals surface area contributed by atoms with Crippen molar-refractivity contribution in [3.63, 3.8) is 0 Å². The second-order valence-corrected chi connectivity index (χ2v) is 7.48. The van der Waals surface area contributed by atoms with Gasteiger partial charge in [-0.05, 0) is 12.1 Å². The number of hydrogen-bond donors (Lipinski definition) is 2. The number of nitrogens with zero attached hydrogens (tertiary/aromatic N) is 2. The molecule has 1 aromatic rings. The van der Waals surface area contributed by atoms with Crippen molar-refractivity contribution in [2.75, 3.05) is 45.2 Å². The molecule has 0 aromatic heterocycles. The van der Waals surface area contributed by atoms with Gasteiger partial charge in [-0.3, -0.25) is 14.9 Å². The summed E-state index contributed by atoms with van der Waals surface area (Å²) in [5.74, 6) is -0.220. The lowest BCUT2D eigenvalue weighted by Gasteiger charge is -2.18. The number of anilines is 1. The van der Waals surface area contributed by atoms with Crippen molar-refractivity contribution in [3.8, 4) is 0 Å². The van der Waals surface area contributed by atoms with Gasteiger partial charge < -0.3 is 15.4 Å². The minimum Gasteiger partial charge on any atom is -0.383 e. The number of nitro groups is 1. The molecule has 0 heterocycles. The number of amides is 1. The fourth-order valence-electron chi connectivity index (χ4n) is 2.38. The van der Waals surface area contributed by atoms with Crippen LogP contribution in [0, 0.1) is 10.1 Å². The summed E-state index contributed by atoms with van der Waals surface area (Å²) in [6.45, 7) is 4.88. The number of methoxy groups -OCH3 is 1. The van der Waals surface area contributed by atoms with Crippen LogP contribution in [0.25, 0.3) is 0 Å². The van der Waals surface area contributed by atoms with Gasteiger partial charge in [0.1, 0.15) is 5.69 Å². The smallest absolute Gasteiger partial charge is 0.293 e. The molecule has 0 aliphatic heterocycles. The topological polar surface area (TPSA) is 131 Å². The minimum atomic E-state index is -3.80. The molecule has 0 atom stereocenters. The van der Waals surface area contributed by atoms with E-state index in [4.69, 9.17) is 4.74 Å². The number of hydrogen-bond acceptors (Lipinski definition) is 7. The molecule has 0 unspecified atom stereocenters. The van der Waals surface area contributed by atoms with Crippen molar-refractivity contribution < 1.29 is 22.9 Å². The summed E-state index contributed by atoms with van der Waals surface area (Å²) >= 11 is 0. The van der Waals surface area contributed by atoms with Crippen LogP contribution >= 0.6 is 0 Å². The zero-order valence-electron chi connectivity index (χ0n) is 15.7. The Kier molecular flexibility index (Phi) is 9.12. The standard InChI is InChI=1S/C16H26N4O6S/c1-4-19(5-2)27(24,25)13-6-7-14(15(12-13)20(22)23)17-9-8-16(21)18-10-11-26-3/h6-7,12,17H,4-5,8-11H2,1-3H3,(H,18,21). The number of ether oxygens (including phenoxy) is 1. The van der Waals surface area contributed by atoms with Crippen molar-refractivity contribution in [2.45, 2.75) is 25.2 Å². The summed E-state index contributed by atoms with van der Waals surface area (Å²) in [6.07, 6.45) is 0.111. The van der Waals surface area contributed by atoms with Gasteiger partial charge in [-0.15, -0.1) is 0 Å². The number of carbonyl (C=O) groups is 1. The molecule has 0 fully saturated rings. The molecule has 0 spiro atoms. The molecule has 0 aliphatic rings. The SMILES string of the molecule is CCN(CC)S(=O)(=O)c1ccc(NCCC(=O)NCCOC)c([N+](=O)[O-])c1. The fourth-order valence-corrected chi connectivity index (χ4v) is 3.86. The molecule has 2 N–H and O–H groups in total. The Morgan fingerprint density at radius 3 is 2.48 bits per heavy atom. The first-order valence-corrected chi connectivity index (χ1v) is 10.00.